The third kappa shape index (κ3) is 3.48. The molecule has 0 fully saturated rings. The van der Waals surface area contributed by atoms with Crippen molar-refractivity contribution in [1.82, 2.24) is 5.32 Å². The molecule has 2 aromatic rings. The van der Waals surface area contributed by atoms with E-state index in [9.17, 15) is 9.59 Å². The summed E-state index contributed by atoms with van der Waals surface area (Å²) in [6.45, 7) is 0.511. The van der Waals surface area contributed by atoms with Crippen molar-refractivity contribution >= 4 is 23.3 Å². The number of rotatable bonds is 4. The molecular weight excluding hydrogens is 306 g/mol. The Morgan fingerprint density at radius 3 is 2.71 bits per heavy atom. The van der Waals surface area contributed by atoms with Gasteiger partial charge in [-0.15, -0.1) is 0 Å². The molecule has 0 spiro atoms. The predicted molar refractivity (Wildman–Crippen MR) is 92.5 cm³/mol. The minimum atomic E-state index is -0.272. The number of nitrogens with zero attached hydrogens (tertiary/aromatic N) is 1. The first-order valence-electron chi connectivity index (χ1n) is 7.74. The van der Waals surface area contributed by atoms with Gasteiger partial charge < -0.3 is 15.4 Å². The van der Waals surface area contributed by atoms with E-state index in [1.54, 1.807) is 13.2 Å². The zero-order chi connectivity index (χ0) is 16.9. The van der Waals surface area contributed by atoms with Gasteiger partial charge in [0.25, 0.3) is 0 Å². The van der Waals surface area contributed by atoms with E-state index in [1.807, 2.05) is 42.5 Å². The number of hydrogen-bond acceptors (Lipinski definition) is 3. The van der Waals surface area contributed by atoms with Crippen LogP contribution in [0.4, 0.5) is 16.2 Å². The summed E-state index contributed by atoms with van der Waals surface area (Å²) in [7, 11) is 1.63. The number of urea groups is 1. The molecule has 3 rings (SSSR count). The summed E-state index contributed by atoms with van der Waals surface area (Å²) >= 11 is 0. The molecule has 3 amide bonds. The summed E-state index contributed by atoms with van der Waals surface area (Å²) in [5, 5.41) is 5.63. The number of fused-ring (bicyclic) bond motifs is 1. The van der Waals surface area contributed by atoms with Crippen LogP contribution in [0.25, 0.3) is 0 Å². The minimum absolute atomic E-state index is 0.0192. The quantitative estimate of drug-likeness (QED) is 0.907. The third-order valence-electron chi connectivity index (χ3n) is 3.86. The highest BCUT2D eigenvalue weighted by Gasteiger charge is 2.26. The van der Waals surface area contributed by atoms with Crippen LogP contribution in [0.15, 0.2) is 48.5 Å². The van der Waals surface area contributed by atoms with E-state index in [1.165, 1.54) is 4.90 Å². The number of nitrogens with one attached hydrogen (secondary N) is 2. The van der Waals surface area contributed by atoms with Crippen LogP contribution >= 0.6 is 0 Å². The minimum Gasteiger partial charge on any atom is -0.497 e. The summed E-state index contributed by atoms with van der Waals surface area (Å²) < 4.78 is 5.12. The topological polar surface area (TPSA) is 70.7 Å². The zero-order valence-electron chi connectivity index (χ0n) is 13.4. The number of para-hydroxylation sites is 2. The fraction of sp³-hybridized carbons (Fsp3) is 0.222. The fourth-order valence-corrected chi connectivity index (χ4v) is 2.62. The van der Waals surface area contributed by atoms with E-state index in [0.717, 1.165) is 11.3 Å². The fourth-order valence-electron chi connectivity index (χ4n) is 2.62. The molecule has 0 saturated carbocycles. The third-order valence-corrected chi connectivity index (χ3v) is 3.86. The molecule has 1 aliphatic heterocycles. The summed E-state index contributed by atoms with van der Waals surface area (Å²) in [6.07, 6.45) is 0.706. The van der Waals surface area contributed by atoms with Gasteiger partial charge in [-0.1, -0.05) is 24.3 Å². The van der Waals surface area contributed by atoms with E-state index in [0.29, 0.717) is 24.3 Å². The molecule has 0 saturated heterocycles. The van der Waals surface area contributed by atoms with Gasteiger partial charge in [-0.25, -0.2) is 4.79 Å². The molecule has 6 nitrogen and oxygen atoms in total. The normalized spacial score (nSPS) is 13.0. The second kappa shape index (κ2) is 7.04. The van der Waals surface area contributed by atoms with E-state index < -0.39 is 0 Å². The highest BCUT2D eigenvalue weighted by Crippen LogP contribution is 2.28. The molecule has 0 radical (unpaired) electrons. The first-order valence-corrected chi connectivity index (χ1v) is 7.74. The molecule has 6 heteroatoms. The molecule has 24 heavy (non-hydrogen) atoms. The SMILES string of the molecule is COc1ccc(CCNC(=O)N2CC(=O)Nc3ccccc32)cc1. The molecule has 2 N–H and O–H groups in total. The summed E-state index contributed by atoms with van der Waals surface area (Å²) in [5.74, 6) is 0.609. The Kier molecular flexibility index (Phi) is 4.65. The van der Waals surface area contributed by atoms with Crippen LogP contribution in [0, 0.1) is 0 Å². The second-order valence-corrected chi connectivity index (χ2v) is 5.48. The number of benzene rings is 2. The van der Waals surface area contributed by atoms with Crippen LogP contribution in [0.1, 0.15) is 5.56 Å². The number of carbonyl (C=O) groups is 2. The number of amides is 3. The van der Waals surface area contributed by atoms with Crippen LogP contribution in [-0.4, -0.2) is 32.1 Å². The lowest BCUT2D eigenvalue weighted by Crippen LogP contribution is -2.47. The predicted octanol–water partition coefficient (Wildman–Crippen LogP) is 2.41. The van der Waals surface area contributed by atoms with E-state index >= 15 is 0 Å². The lowest BCUT2D eigenvalue weighted by molar-refractivity contribution is -0.115. The van der Waals surface area contributed by atoms with Gasteiger partial charge in [-0.3, -0.25) is 9.69 Å². The van der Waals surface area contributed by atoms with Gasteiger partial charge in [0.2, 0.25) is 5.91 Å². The number of hydrogen-bond donors (Lipinski definition) is 2. The van der Waals surface area contributed by atoms with Gasteiger partial charge in [0.05, 0.1) is 18.5 Å². The Hall–Kier alpha value is -3.02. The van der Waals surface area contributed by atoms with Gasteiger partial charge in [0.15, 0.2) is 0 Å². The maximum atomic E-state index is 12.4. The highest BCUT2D eigenvalue weighted by molar-refractivity contribution is 6.09. The van der Waals surface area contributed by atoms with E-state index in [4.69, 9.17) is 4.74 Å². The van der Waals surface area contributed by atoms with Crippen molar-refractivity contribution < 1.29 is 14.3 Å². The van der Waals surface area contributed by atoms with Crippen LogP contribution in [0.2, 0.25) is 0 Å². The average molecular weight is 325 g/mol. The molecule has 0 atom stereocenters. The number of ether oxygens (including phenoxy) is 1. The summed E-state index contributed by atoms with van der Waals surface area (Å²) in [5.41, 5.74) is 2.46. The van der Waals surface area contributed by atoms with Gasteiger partial charge >= 0.3 is 6.03 Å². The zero-order valence-corrected chi connectivity index (χ0v) is 13.4. The van der Waals surface area contributed by atoms with Crippen molar-refractivity contribution in [1.29, 1.82) is 0 Å². The first-order chi connectivity index (χ1) is 11.7. The molecular formula is C18H19N3O3. The van der Waals surface area contributed by atoms with Crippen molar-refractivity contribution in [3.8, 4) is 5.75 Å². The second-order valence-electron chi connectivity index (χ2n) is 5.48. The molecule has 124 valence electrons. The highest BCUT2D eigenvalue weighted by atomic mass is 16.5. The molecule has 1 heterocycles. The van der Waals surface area contributed by atoms with Crippen molar-refractivity contribution in [3.63, 3.8) is 0 Å². The molecule has 2 aromatic carbocycles. The summed E-state index contributed by atoms with van der Waals surface area (Å²) in [4.78, 5) is 25.6. The van der Waals surface area contributed by atoms with Crippen LogP contribution in [0.5, 0.6) is 5.75 Å². The van der Waals surface area contributed by atoms with Crippen LogP contribution in [0.3, 0.4) is 0 Å². The molecule has 0 aliphatic carbocycles. The van der Waals surface area contributed by atoms with Crippen LogP contribution in [-0.2, 0) is 11.2 Å². The number of methoxy groups -OCH3 is 1. The van der Waals surface area contributed by atoms with Crippen LogP contribution < -0.4 is 20.3 Å². The van der Waals surface area contributed by atoms with E-state index in [2.05, 4.69) is 10.6 Å². The number of anilines is 2. The first kappa shape index (κ1) is 15.9. The van der Waals surface area contributed by atoms with E-state index in [-0.39, 0.29) is 18.5 Å². The lowest BCUT2D eigenvalue weighted by Gasteiger charge is -2.29. The number of carbonyl (C=O) groups excluding carboxylic acids is 2. The van der Waals surface area contributed by atoms with Crippen molar-refractivity contribution in [2.24, 2.45) is 0 Å². The average Bonchev–Trinajstić information content (AvgIpc) is 2.61. The van der Waals surface area contributed by atoms with Gasteiger partial charge in [-0.2, -0.15) is 0 Å². The van der Waals surface area contributed by atoms with Gasteiger partial charge in [0, 0.05) is 6.54 Å². The lowest BCUT2D eigenvalue weighted by atomic mass is 10.1. The molecule has 1 aliphatic rings. The van der Waals surface area contributed by atoms with Gasteiger partial charge in [-0.05, 0) is 36.2 Å². The monoisotopic (exact) mass is 325 g/mol. The maximum absolute atomic E-state index is 12.4. The Morgan fingerprint density at radius 1 is 1.21 bits per heavy atom. The van der Waals surface area contributed by atoms with Gasteiger partial charge in [0.1, 0.15) is 12.3 Å². The Morgan fingerprint density at radius 2 is 1.96 bits per heavy atom. The molecule has 0 aromatic heterocycles. The Bertz CT molecular complexity index is 743. The Balaban J connectivity index is 1.60. The molecule has 0 unspecified atom stereocenters. The summed E-state index contributed by atoms with van der Waals surface area (Å²) in [6, 6.07) is 14.7. The van der Waals surface area contributed by atoms with Crippen molar-refractivity contribution in [2.75, 3.05) is 30.4 Å². The molecule has 0 bridgehead atoms. The Labute approximate surface area is 140 Å². The standard InChI is InChI=1S/C18H19N3O3/c1-24-14-8-6-13(7-9-14)10-11-19-18(23)21-12-17(22)20-15-4-2-3-5-16(15)21/h2-9H,10-12H2,1H3,(H,19,23)(H,20,22). The smallest absolute Gasteiger partial charge is 0.322 e. The van der Waals surface area contributed by atoms with Crippen molar-refractivity contribution in [2.45, 2.75) is 6.42 Å². The largest absolute Gasteiger partial charge is 0.497 e. The van der Waals surface area contributed by atoms with Crippen molar-refractivity contribution in [3.05, 3.63) is 54.1 Å². The maximum Gasteiger partial charge on any atom is 0.322 e.